The van der Waals surface area contributed by atoms with Crippen molar-refractivity contribution >= 4 is 0 Å². The van der Waals surface area contributed by atoms with Gasteiger partial charge in [0.15, 0.2) is 6.29 Å². The number of ether oxygens (including phenoxy) is 2. The second-order valence-corrected chi connectivity index (χ2v) is 5.86. The molecule has 0 unspecified atom stereocenters. The highest BCUT2D eigenvalue weighted by Gasteiger charge is 2.18. The van der Waals surface area contributed by atoms with Crippen molar-refractivity contribution in [2.24, 2.45) is 5.92 Å². The van der Waals surface area contributed by atoms with E-state index in [0.29, 0.717) is 13.2 Å². The van der Waals surface area contributed by atoms with Crippen LogP contribution >= 0.6 is 0 Å². The predicted molar refractivity (Wildman–Crippen MR) is 76.0 cm³/mol. The summed E-state index contributed by atoms with van der Waals surface area (Å²) in [4.78, 5) is 0. The minimum absolute atomic E-state index is 0.132. The van der Waals surface area contributed by atoms with Crippen molar-refractivity contribution in [1.29, 1.82) is 0 Å². The van der Waals surface area contributed by atoms with Gasteiger partial charge in [-0.05, 0) is 24.3 Å². The van der Waals surface area contributed by atoms with Crippen LogP contribution in [0, 0.1) is 5.92 Å². The Bertz CT molecular complexity index is 373. The second kappa shape index (κ2) is 6.53. The lowest BCUT2D eigenvalue weighted by molar-refractivity contribution is -0.0441. The average Bonchev–Trinajstić information content (AvgIpc) is 3.01. The average molecular weight is 260 g/mol. The SMILES string of the molecule is c1cc(C2OCCO2)ccc1CCC1CCCCC1. The van der Waals surface area contributed by atoms with Crippen molar-refractivity contribution in [2.75, 3.05) is 13.2 Å². The van der Waals surface area contributed by atoms with Crippen molar-refractivity contribution in [3.8, 4) is 0 Å². The molecule has 1 aliphatic carbocycles. The molecule has 2 fully saturated rings. The Labute approximate surface area is 116 Å². The van der Waals surface area contributed by atoms with Crippen LogP contribution < -0.4 is 0 Å². The molecule has 0 amide bonds. The van der Waals surface area contributed by atoms with Gasteiger partial charge in [0.2, 0.25) is 0 Å². The first-order chi connectivity index (χ1) is 9.42. The van der Waals surface area contributed by atoms with E-state index in [-0.39, 0.29) is 6.29 Å². The number of hydrogen-bond acceptors (Lipinski definition) is 2. The van der Waals surface area contributed by atoms with Crippen molar-refractivity contribution < 1.29 is 9.47 Å². The molecule has 1 aromatic carbocycles. The van der Waals surface area contributed by atoms with Gasteiger partial charge < -0.3 is 9.47 Å². The normalized spacial score (nSPS) is 21.9. The fraction of sp³-hybridized carbons (Fsp3) is 0.647. The zero-order valence-corrected chi connectivity index (χ0v) is 11.6. The first-order valence-corrected chi connectivity index (χ1v) is 7.74. The van der Waals surface area contributed by atoms with Crippen LogP contribution in [0.3, 0.4) is 0 Å². The maximum Gasteiger partial charge on any atom is 0.184 e. The maximum absolute atomic E-state index is 5.51. The molecule has 0 spiro atoms. The van der Waals surface area contributed by atoms with E-state index >= 15 is 0 Å². The molecule has 1 saturated heterocycles. The quantitative estimate of drug-likeness (QED) is 0.806. The van der Waals surface area contributed by atoms with E-state index < -0.39 is 0 Å². The van der Waals surface area contributed by atoms with Crippen LogP contribution in [0.5, 0.6) is 0 Å². The molecule has 2 nitrogen and oxygen atoms in total. The Balaban J connectivity index is 1.50. The Kier molecular flexibility index (Phi) is 4.52. The third kappa shape index (κ3) is 3.58. The fourth-order valence-corrected chi connectivity index (χ4v) is 3.24. The topological polar surface area (TPSA) is 18.5 Å². The summed E-state index contributed by atoms with van der Waals surface area (Å²) in [5.41, 5.74) is 2.60. The molecular weight excluding hydrogens is 236 g/mol. The lowest BCUT2D eigenvalue weighted by Crippen LogP contribution is -2.07. The van der Waals surface area contributed by atoms with Gasteiger partial charge in [0, 0.05) is 5.56 Å². The zero-order valence-electron chi connectivity index (χ0n) is 11.6. The van der Waals surface area contributed by atoms with E-state index in [2.05, 4.69) is 24.3 Å². The molecule has 19 heavy (non-hydrogen) atoms. The third-order valence-corrected chi connectivity index (χ3v) is 4.44. The van der Waals surface area contributed by atoms with Crippen LogP contribution in [0.4, 0.5) is 0 Å². The summed E-state index contributed by atoms with van der Waals surface area (Å²) in [7, 11) is 0. The standard InChI is InChI=1S/C17H24O2/c1-2-4-14(5-3-1)6-7-15-8-10-16(11-9-15)17-18-12-13-19-17/h8-11,14,17H,1-7,12-13H2. The molecule has 0 bridgehead atoms. The van der Waals surface area contributed by atoms with E-state index in [9.17, 15) is 0 Å². The van der Waals surface area contributed by atoms with Crippen LogP contribution in [0.2, 0.25) is 0 Å². The van der Waals surface area contributed by atoms with Crippen LogP contribution in [0.1, 0.15) is 55.9 Å². The minimum atomic E-state index is -0.132. The highest BCUT2D eigenvalue weighted by molar-refractivity contribution is 5.23. The lowest BCUT2D eigenvalue weighted by Gasteiger charge is -2.21. The summed E-state index contributed by atoms with van der Waals surface area (Å²) >= 11 is 0. The third-order valence-electron chi connectivity index (χ3n) is 4.44. The van der Waals surface area contributed by atoms with Crippen molar-refractivity contribution in [2.45, 2.75) is 51.2 Å². The minimum Gasteiger partial charge on any atom is -0.346 e. The Morgan fingerprint density at radius 1 is 0.895 bits per heavy atom. The van der Waals surface area contributed by atoms with Crippen LogP contribution in [0.25, 0.3) is 0 Å². The first-order valence-electron chi connectivity index (χ1n) is 7.74. The predicted octanol–water partition coefficient (Wildman–Crippen LogP) is 4.24. The molecule has 0 N–H and O–H groups in total. The highest BCUT2D eigenvalue weighted by Crippen LogP contribution is 2.28. The van der Waals surface area contributed by atoms with Crippen LogP contribution in [0.15, 0.2) is 24.3 Å². The van der Waals surface area contributed by atoms with Crippen molar-refractivity contribution in [3.05, 3.63) is 35.4 Å². The van der Waals surface area contributed by atoms with Crippen molar-refractivity contribution in [3.63, 3.8) is 0 Å². The molecule has 0 atom stereocenters. The van der Waals surface area contributed by atoms with Gasteiger partial charge in [-0.15, -0.1) is 0 Å². The Morgan fingerprint density at radius 2 is 1.58 bits per heavy atom. The van der Waals surface area contributed by atoms with Gasteiger partial charge in [-0.3, -0.25) is 0 Å². The number of rotatable bonds is 4. The summed E-state index contributed by atoms with van der Waals surface area (Å²) in [5, 5.41) is 0. The second-order valence-electron chi connectivity index (χ2n) is 5.86. The summed E-state index contributed by atoms with van der Waals surface area (Å²) in [6.07, 6.45) is 9.68. The Morgan fingerprint density at radius 3 is 2.26 bits per heavy atom. The molecule has 0 aromatic heterocycles. The van der Waals surface area contributed by atoms with E-state index in [0.717, 1.165) is 11.5 Å². The van der Waals surface area contributed by atoms with Gasteiger partial charge >= 0.3 is 0 Å². The first kappa shape index (κ1) is 13.1. The highest BCUT2D eigenvalue weighted by atomic mass is 16.7. The molecular formula is C17H24O2. The molecule has 1 aliphatic heterocycles. The summed E-state index contributed by atoms with van der Waals surface area (Å²) < 4.78 is 11.0. The Hall–Kier alpha value is -0.860. The van der Waals surface area contributed by atoms with E-state index in [4.69, 9.17) is 9.47 Å². The van der Waals surface area contributed by atoms with Gasteiger partial charge in [-0.2, -0.15) is 0 Å². The fourth-order valence-electron chi connectivity index (χ4n) is 3.24. The maximum atomic E-state index is 5.51. The van der Waals surface area contributed by atoms with E-state index in [1.54, 1.807) is 0 Å². The van der Waals surface area contributed by atoms with Gasteiger partial charge in [-0.1, -0.05) is 56.4 Å². The van der Waals surface area contributed by atoms with Gasteiger partial charge in [0.25, 0.3) is 0 Å². The molecule has 1 saturated carbocycles. The molecule has 1 aromatic rings. The molecule has 3 rings (SSSR count). The van der Waals surface area contributed by atoms with E-state index in [1.807, 2.05) is 0 Å². The summed E-state index contributed by atoms with van der Waals surface area (Å²) in [6, 6.07) is 8.80. The smallest absolute Gasteiger partial charge is 0.184 e. The molecule has 1 heterocycles. The zero-order chi connectivity index (χ0) is 12.9. The van der Waals surface area contributed by atoms with Crippen LogP contribution in [-0.2, 0) is 15.9 Å². The number of hydrogen-bond donors (Lipinski definition) is 0. The number of benzene rings is 1. The van der Waals surface area contributed by atoms with E-state index in [1.165, 1.54) is 50.5 Å². The molecule has 0 radical (unpaired) electrons. The molecule has 2 aliphatic rings. The van der Waals surface area contributed by atoms with Crippen molar-refractivity contribution in [1.82, 2.24) is 0 Å². The molecule has 104 valence electrons. The summed E-state index contributed by atoms with van der Waals surface area (Å²) in [5.74, 6) is 0.968. The summed E-state index contributed by atoms with van der Waals surface area (Å²) in [6.45, 7) is 1.43. The van der Waals surface area contributed by atoms with Gasteiger partial charge in [-0.25, -0.2) is 0 Å². The monoisotopic (exact) mass is 260 g/mol. The lowest BCUT2D eigenvalue weighted by atomic mass is 9.85. The molecule has 2 heteroatoms. The number of aryl methyl sites for hydroxylation is 1. The van der Waals surface area contributed by atoms with Gasteiger partial charge in [0.05, 0.1) is 13.2 Å². The van der Waals surface area contributed by atoms with Gasteiger partial charge in [0.1, 0.15) is 0 Å². The largest absolute Gasteiger partial charge is 0.346 e. The van der Waals surface area contributed by atoms with Crippen LogP contribution in [-0.4, -0.2) is 13.2 Å².